The van der Waals surface area contributed by atoms with Crippen LogP contribution in [0.15, 0.2) is 60.5 Å². The molecular weight excluding hydrogens is 308 g/mol. The highest BCUT2D eigenvalue weighted by atomic mass is 15.1. The van der Waals surface area contributed by atoms with E-state index < -0.39 is 0 Å². The van der Waals surface area contributed by atoms with Gasteiger partial charge in [-0.15, -0.1) is 0 Å². The summed E-state index contributed by atoms with van der Waals surface area (Å²) < 4.78 is 0. The smallest absolute Gasteiger partial charge is 0.194 e. The molecule has 4 nitrogen and oxygen atoms in total. The molecule has 122 valence electrons. The maximum atomic E-state index is 8.90. The molecule has 2 rings (SSSR count). The van der Waals surface area contributed by atoms with Gasteiger partial charge in [0, 0.05) is 24.2 Å². The molecule has 0 atom stereocenters. The highest BCUT2D eigenvalue weighted by Crippen LogP contribution is 2.13. The van der Waals surface area contributed by atoms with E-state index in [0.717, 1.165) is 30.2 Å². The first kappa shape index (κ1) is 17.8. The summed E-state index contributed by atoms with van der Waals surface area (Å²) in [7, 11) is 0. The van der Waals surface area contributed by atoms with E-state index in [4.69, 9.17) is 17.1 Å². The van der Waals surface area contributed by atoms with Crippen molar-refractivity contribution in [1.29, 1.82) is 10.5 Å². The topological polar surface area (TPSA) is 55.2 Å². The van der Waals surface area contributed by atoms with Crippen LogP contribution in [-0.2, 0) is 0 Å². The second-order valence-electron chi connectivity index (χ2n) is 5.54. The number of hydrogen-bond donors (Lipinski definition) is 0. The lowest BCUT2D eigenvalue weighted by Crippen LogP contribution is -2.13. The molecule has 1 aliphatic heterocycles. The number of rotatable bonds is 4. The van der Waals surface area contributed by atoms with Gasteiger partial charge < -0.3 is 4.90 Å². The molecule has 0 radical (unpaired) electrons. The zero-order chi connectivity index (χ0) is 18.1. The number of allylic oxidation sites excluding steroid dienone is 3. The van der Waals surface area contributed by atoms with Crippen molar-refractivity contribution in [3.8, 4) is 12.1 Å². The molecule has 0 spiro atoms. The predicted molar refractivity (Wildman–Crippen MR) is 98.3 cm³/mol. The molecule has 4 heteroatoms. The summed E-state index contributed by atoms with van der Waals surface area (Å²) in [6, 6.07) is 10.6. The Morgan fingerprint density at radius 2 is 1.72 bits per heavy atom. The van der Waals surface area contributed by atoms with Gasteiger partial charge in [-0.1, -0.05) is 37.6 Å². The van der Waals surface area contributed by atoms with Gasteiger partial charge in [0.1, 0.15) is 17.7 Å². The zero-order valence-electron chi connectivity index (χ0n) is 14.1. The SMILES string of the molecule is [C-]#[N+]C(C=C1C=CN(CCCC)C=C1)=c1ccc(=C(C#N)C#N)cc1. The molecule has 0 saturated heterocycles. The lowest BCUT2D eigenvalue weighted by molar-refractivity contribution is 0.481. The maximum absolute atomic E-state index is 8.90. The third kappa shape index (κ3) is 4.71. The molecule has 0 fully saturated rings. The predicted octanol–water partition coefficient (Wildman–Crippen LogP) is 2.98. The van der Waals surface area contributed by atoms with E-state index in [0.29, 0.717) is 10.9 Å². The Morgan fingerprint density at radius 3 is 2.24 bits per heavy atom. The summed E-state index contributed by atoms with van der Waals surface area (Å²) in [6.07, 6.45) is 12.2. The van der Waals surface area contributed by atoms with Gasteiger partial charge in [0.2, 0.25) is 0 Å². The second kappa shape index (κ2) is 8.92. The molecule has 0 saturated carbocycles. The Balaban J connectivity index is 2.33. The molecule has 0 amide bonds. The van der Waals surface area contributed by atoms with Gasteiger partial charge in [-0.2, -0.15) is 10.5 Å². The summed E-state index contributed by atoms with van der Waals surface area (Å²) in [5.41, 5.74) is 1.55. The summed E-state index contributed by atoms with van der Waals surface area (Å²) in [6.45, 7) is 10.6. The van der Waals surface area contributed by atoms with E-state index >= 15 is 0 Å². The number of nitriles is 2. The van der Waals surface area contributed by atoms with E-state index in [1.54, 1.807) is 24.3 Å². The summed E-state index contributed by atoms with van der Waals surface area (Å²) in [5.74, 6) is 0. The standard InChI is InChI=1S/C21H18N4/c1-3-4-11-25-12-9-17(10-13-25)14-21(24-2)19-7-5-18(6-8-19)20(15-22)16-23/h5-10,12-14H,3-4,11H2,1H3. The quantitative estimate of drug-likeness (QED) is 0.799. The first-order chi connectivity index (χ1) is 12.2. The van der Waals surface area contributed by atoms with E-state index in [2.05, 4.69) is 16.7 Å². The van der Waals surface area contributed by atoms with Crippen LogP contribution < -0.4 is 10.4 Å². The molecule has 1 aromatic carbocycles. The number of unbranched alkanes of at least 4 members (excludes halogenated alkanes) is 1. The van der Waals surface area contributed by atoms with Crippen LogP contribution in [0.3, 0.4) is 0 Å². The Kier molecular flexibility index (Phi) is 6.35. The van der Waals surface area contributed by atoms with Crippen LogP contribution in [0, 0.1) is 29.2 Å². The van der Waals surface area contributed by atoms with Crippen molar-refractivity contribution in [3.63, 3.8) is 0 Å². The van der Waals surface area contributed by atoms with E-state index in [1.165, 1.54) is 0 Å². The Bertz CT molecular complexity index is 917. The van der Waals surface area contributed by atoms with Crippen LogP contribution in [0.4, 0.5) is 0 Å². The van der Waals surface area contributed by atoms with Crippen molar-refractivity contribution in [2.24, 2.45) is 0 Å². The van der Waals surface area contributed by atoms with Gasteiger partial charge >= 0.3 is 0 Å². The Morgan fingerprint density at radius 1 is 1.12 bits per heavy atom. The molecule has 0 aromatic heterocycles. The molecule has 1 aromatic rings. The number of hydrogen-bond acceptors (Lipinski definition) is 3. The summed E-state index contributed by atoms with van der Waals surface area (Å²) in [4.78, 5) is 5.74. The van der Waals surface area contributed by atoms with Gasteiger partial charge in [-0.25, -0.2) is 4.85 Å². The summed E-state index contributed by atoms with van der Waals surface area (Å²) >= 11 is 0. The minimum atomic E-state index is 0.0691. The van der Waals surface area contributed by atoms with E-state index in [-0.39, 0.29) is 5.57 Å². The molecule has 0 unspecified atom stereocenters. The summed E-state index contributed by atoms with van der Waals surface area (Å²) in [5, 5.41) is 19.1. The molecular formula is C21H18N4. The molecule has 25 heavy (non-hydrogen) atoms. The highest BCUT2D eigenvalue weighted by molar-refractivity contribution is 5.72. The van der Waals surface area contributed by atoms with Crippen LogP contribution in [0.5, 0.6) is 0 Å². The second-order valence-corrected chi connectivity index (χ2v) is 5.54. The van der Waals surface area contributed by atoms with Crippen LogP contribution >= 0.6 is 0 Å². The van der Waals surface area contributed by atoms with Crippen LogP contribution in [0.2, 0.25) is 0 Å². The molecule has 1 heterocycles. The third-order valence-electron chi connectivity index (χ3n) is 3.80. The van der Waals surface area contributed by atoms with Crippen LogP contribution in [-0.4, -0.2) is 11.4 Å². The molecule has 0 N–H and O–H groups in total. The number of nitrogens with zero attached hydrogens (tertiary/aromatic N) is 4. The van der Waals surface area contributed by atoms with Gasteiger partial charge in [0.25, 0.3) is 0 Å². The fourth-order valence-electron chi connectivity index (χ4n) is 2.35. The van der Waals surface area contributed by atoms with Gasteiger partial charge in [0.05, 0.1) is 6.57 Å². The monoisotopic (exact) mass is 326 g/mol. The fraction of sp³-hybridized carbons (Fsp3) is 0.190. The lowest BCUT2D eigenvalue weighted by atomic mass is 10.1. The fourth-order valence-corrected chi connectivity index (χ4v) is 2.35. The first-order valence-electron chi connectivity index (χ1n) is 8.08. The normalized spacial score (nSPS) is 12.1. The van der Waals surface area contributed by atoms with E-state index in [9.17, 15) is 0 Å². The average molecular weight is 326 g/mol. The van der Waals surface area contributed by atoms with E-state index in [1.807, 2.05) is 42.8 Å². The van der Waals surface area contributed by atoms with Gasteiger partial charge in [-0.3, -0.25) is 0 Å². The van der Waals surface area contributed by atoms with Crippen molar-refractivity contribution in [2.45, 2.75) is 19.8 Å². The zero-order valence-corrected chi connectivity index (χ0v) is 14.1. The number of benzene rings is 1. The Labute approximate surface area is 148 Å². The minimum Gasteiger partial charge on any atom is -0.354 e. The average Bonchev–Trinajstić information content (AvgIpc) is 2.67. The lowest BCUT2D eigenvalue weighted by Gasteiger charge is -2.18. The minimum absolute atomic E-state index is 0.0691. The van der Waals surface area contributed by atoms with Crippen molar-refractivity contribution in [2.75, 3.05) is 6.54 Å². The van der Waals surface area contributed by atoms with Crippen LogP contribution in [0.25, 0.3) is 16.1 Å². The van der Waals surface area contributed by atoms with Gasteiger partial charge in [-0.05, 0) is 35.4 Å². The van der Waals surface area contributed by atoms with Gasteiger partial charge in [0.15, 0.2) is 5.70 Å². The van der Waals surface area contributed by atoms with Crippen molar-refractivity contribution in [3.05, 3.63) is 82.3 Å². The molecule has 0 bridgehead atoms. The van der Waals surface area contributed by atoms with Crippen molar-refractivity contribution >= 4 is 11.3 Å². The third-order valence-corrected chi connectivity index (χ3v) is 3.80. The Hall–Kier alpha value is -3.55. The van der Waals surface area contributed by atoms with Crippen molar-refractivity contribution in [1.82, 2.24) is 4.90 Å². The largest absolute Gasteiger partial charge is 0.354 e. The first-order valence-corrected chi connectivity index (χ1v) is 8.08. The maximum Gasteiger partial charge on any atom is 0.194 e. The molecule has 0 aliphatic carbocycles. The highest BCUT2D eigenvalue weighted by Gasteiger charge is 2.02. The molecule has 1 aliphatic rings. The van der Waals surface area contributed by atoms with Crippen LogP contribution in [0.1, 0.15) is 19.8 Å². The van der Waals surface area contributed by atoms with Crippen molar-refractivity contribution < 1.29 is 0 Å².